The molecule has 0 saturated carbocycles. The number of carbonyl (C=O) groups excluding carboxylic acids is 3. The second-order valence-corrected chi connectivity index (χ2v) is 6.08. The largest absolute Gasteiger partial charge is 0.405 e. The standard InChI is InChI=1S/C20H14N2O4/c1-12-6-8-13(9-7-12)10-16-20(25)26-17(21-16)11-22-18(23)14-4-2-3-5-15(14)19(22)24/h2-10H,11H2,1H3. The van der Waals surface area contributed by atoms with Crippen molar-refractivity contribution < 1.29 is 19.1 Å². The number of fused-ring (bicyclic) bond motifs is 1. The van der Waals surface area contributed by atoms with Crippen molar-refractivity contribution in [2.24, 2.45) is 4.99 Å². The summed E-state index contributed by atoms with van der Waals surface area (Å²) >= 11 is 0. The Morgan fingerprint density at radius 1 is 0.962 bits per heavy atom. The number of cyclic esters (lactones) is 1. The van der Waals surface area contributed by atoms with E-state index < -0.39 is 17.8 Å². The summed E-state index contributed by atoms with van der Waals surface area (Å²) in [5, 5.41) is 0. The van der Waals surface area contributed by atoms with E-state index in [0.29, 0.717) is 11.1 Å². The maximum atomic E-state index is 12.4. The fourth-order valence-electron chi connectivity index (χ4n) is 2.86. The van der Waals surface area contributed by atoms with Crippen LogP contribution in [0.4, 0.5) is 0 Å². The molecule has 0 aliphatic carbocycles. The summed E-state index contributed by atoms with van der Waals surface area (Å²) in [6.07, 6.45) is 1.61. The third-order valence-electron chi connectivity index (χ3n) is 4.22. The lowest BCUT2D eigenvalue weighted by Gasteiger charge is -2.12. The van der Waals surface area contributed by atoms with E-state index in [4.69, 9.17) is 4.74 Å². The first kappa shape index (κ1) is 16.0. The highest BCUT2D eigenvalue weighted by molar-refractivity contribution is 6.23. The Bertz CT molecular complexity index is 968. The van der Waals surface area contributed by atoms with E-state index >= 15 is 0 Å². The Balaban J connectivity index is 1.56. The third kappa shape index (κ3) is 2.71. The van der Waals surface area contributed by atoms with Gasteiger partial charge in [-0.2, -0.15) is 0 Å². The van der Waals surface area contributed by atoms with Gasteiger partial charge >= 0.3 is 5.97 Å². The lowest BCUT2D eigenvalue weighted by molar-refractivity contribution is -0.130. The number of hydrogen-bond acceptors (Lipinski definition) is 5. The SMILES string of the molecule is Cc1ccc(C=C2N=C(CN3C(=O)c4ccccc4C3=O)OC2=O)cc1. The van der Waals surface area contributed by atoms with Crippen LogP contribution in [-0.4, -0.2) is 35.1 Å². The van der Waals surface area contributed by atoms with Crippen LogP contribution in [0.25, 0.3) is 6.08 Å². The monoisotopic (exact) mass is 346 g/mol. The molecule has 2 aliphatic heterocycles. The molecule has 2 aliphatic rings. The number of imide groups is 1. The van der Waals surface area contributed by atoms with Crippen molar-refractivity contribution in [3.05, 3.63) is 76.5 Å². The molecule has 0 bridgehead atoms. The molecule has 0 aromatic heterocycles. The topological polar surface area (TPSA) is 76.0 Å². The van der Waals surface area contributed by atoms with Crippen LogP contribution in [0.5, 0.6) is 0 Å². The number of aliphatic imine (C=N–C) groups is 1. The Labute approximate surface area is 149 Å². The fourth-order valence-corrected chi connectivity index (χ4v) is 2.86. The highest BCUT2D eigenvalue weighted by Gasteiger charge is 2.37. The summed E-state index contributed by atoms with van der Waals surface area (Å²) in [6, 6.07) is 14.2. The summed E-state index contributed by atoms with van der Waals surface area (Å²) in [6.45, 7) is 1.79. The minimum absolute atomic E-state index is 0.0304. The van der Waals surface area contributed by atoms with Gasteiger partial charge in [-0.25, -0.2) is 9.79 Å². The number of carbonyl (C=O) groups is 3. The van der Waals surface area contributed by atoms with E-state index in [-0.39, 0.29) is 18.1 Å². The average molecular weight is 346 g/mol. The Hall–Kier alpha value is -3.54. The van der Waals surface area contributed by atoms with Gasteiger partial charge in [0, 0.05) is 0 Å². The maximum Gasteiger partial charge on any atom is 0.363 e. The molecule has 128 valence electrons. The van der Waals surface area contributed by atoms with Gasteiger partial charge < -0.3 is 4.74 Å². The first-order valence-corrected chi connectivity index (χ1v) is 8.06. The lowest BCUT2D eigenvalue weighted by Crippen LogP contribution is -2.35. The molecule has 2 heterocycles. The summed E-state index contributed by atoms with van der Waals surface area (Å²) in [4.78, 5) is 41.9. The minimum Gasteiger partial charge on any atom is -0.405 e. The zero-order chi connectivity index (χ0) is 18.3. The van der Waals surface area contributed by atoms with Gasteiger partial charge in [0.2, 0.25) is 5.90 Å². The molecule has 0 fully saturated rings. The van der Waals surface area contributed by atoms with Crippen LogP contribution in [0.3, 0.4) is 0 Å². The van der Waals surface area contributed by atoms with Crippen LogP contribution in [-0.2, 0) is 9.53 Å². The molecule has 26 heavy (non-hydrogen) atoms. The molecular formula is C20H14N2O4. The number of amides is 2. The van der Waals surface area contributed by atoms with Crippen molar-refractivity contribution in [1.82, 2.24) is 4.90 Å². The molecule has 0 N–H and O–H groups in total. The van der Waals surface area contributed by atoms with Gasteiger partial charge in [0.05, 0.1) is 11.1 Å². The first-order chi connectivity index (χ1) is 12.5. The van der Waals surface area contributed by atoms with Crippen LogP contribution >= 0.6 is 0 Å². The second-order valence-electron chi connectivity index (χ2n) is 6.08. The summed E-state index contributed by atoms with van der Waals surface area (Å²) < 4.78 is 5.12. The molecule has 6 nitrogen and oxygen atoms in total. The van der Waals surface area contributed by atoms with Gasteiger partial charge in [-0.15, -0.1) is 0 Å². The van der Waals surface area contributed by atoms with Crippen molar-refractivity contribution in [3.8, 4) is 0 Å². The van der Waals surface area contributed by atoms with Crippen molar-refractivity contribution >= 4 is 29.8 Å². The van der Waals surface area contributed by atoms with E-state index in [1.165, 1.54) is 0 Å². The summed E-state index contributed by atoms with van der Waals surface area (Å²) in [7, 11) is 0. The number of rotatable bonds is 3. The number of hydrogen-bond donors (Lipinski definition) is 0. The highest BCUT2D eigenvalue weighted by atomic mass is 16.6. The molecule has 0 radical (unpaired) electrons. The van der Waals surface area contributed by atoms with E-state index in [9.17, 15) is 14.4 Å². The van der Waals surface area contributed by atoms with Crippen molar-refractivity contribution in [2.75, 3.05) is 6.54 Å². The van der Waals surface area contributed by atoms with Crippen molar-refractivity contribution in [2.45, 2.75) is 6.92 Å². The molecule has 0 spiro atoms. The van der Waals surface area contributed by atoms with Gasteiger partial charge in [0.15, 0.2) is 5.70 Å². The normalized spacial score (nSPS) is 17.6. The average Bonchev–Trinajstić information content (AvgIpc) is 3.10. The molecule has 2 aromatic rings. The van der Waals surface area contributed by atoms with Crippen molar-refractivity contribution in [3.63, 3.8) is 0 Å². The first-order valence-electron chi connectivity index (χ1n) is 8.06. The van der Waals surface area contributed by atoms with E-state index in [1.807, 2.05) is 31.2 Å². The molecule has 0 atom stereocenters. The van der Waals surface area contributed by atoms with Gasteiger partial charge in [-0.1, -0.05) is 42.0 Å². The minimum atomic E-state index is -0.600. The quantitative estimate of drug-likeness (QED) is 0.486. The molecular weight excluding hydrogens is 332 g/mol. The highest BCUT2D eigenvalue weighted by Crippen LogP contribution is 2.24. The number of esters is 1. The maximum absolute atomic E-state index is 12.4. The van der Waals surface area contributed by atoms with Crippen LogP contribution in [0.15, 0.2) is 59.2 Å². The molecule has 2 aromatic carbocycles. The van der Waals surface area contributed by atoms with Gasteiger partial charge in [-0.05, 0) is 30.7 Å². The predicted molar refractivity (Wildman–Crippen MR) is 94.5 cm³/mol. The van der Waals surface area contributed by atoms with Crippen LogP contribution in [0, 0.1) is 6.92 Å². The van der Waals surface area contributed by atoms with Gasteiger partial charge in [0.25, 0.3) is 11.8 Å². The zero-order valence-electron chi connectivity index (χ0n) is 13.9. The number of benzene rings is 2. The number of aryl methyl sites for hydroxylation is 1. The molecule has 0 saturated heterocycles. The van der Waals surface area contributed by atoms with Crippen molar-refractivity contribution in [1.29, 1.82) is 0 Å². The van der Waals surface area contributed by atoms with E-state index in [2.05, 4.69) is 4.99 Å². The Morgan fingerprint density at radius 3 is 2.19 bits per heavy atom. The Morgan fingerprint density at radius 2 is 1.58 bits per heavy atom. The molecule has 4 rings (SSSR count). The fraction of sp³-hybridized carbons (Fsp3) is 0.100. The molecule has 0 unspecified atom stereocenters. The van der Waals surface area contributed by atoms with E-state index in [1.54, 1.807) is 30.3 Å². The summed E-state index contributed by atoms with van der Waals surface area (Å²) in [5.74, 6) is -1.40. The number of ether oxygens (including phenoxy) is 1. The van der Waals surface area contributed by atoms with Gasteiger partial charge in [0.1, 0.15) is 6.54 Å². The van der Waals surface area contributed by atoms with Crippen LogP contribution in [0.2, 0.25) is 0 Å². The van der Waals surface area contributed by atoms with Crippen LogP contribution < -0.4 is 0 Å². The smallest absolute Gasteiger partial charge is 0.363 e. The third-order valence-corrected chi connectivity index (χ3v) is 4.22. The number of nitrogens with zero attached hydrogens (tertiary/aromatic N) is 2. The second kappa shape index (κ2) is 6.07. The van der Waals surface area contributed by atoms with Gasteiger partial charge in [-0.3, -0.25) is 14.5 Å². The summed E-state index contributed by atoms with van der Waals surface area (Å²) in [5.41, 5.74) is 2.75. The van der Waals surface area contributed by atoms with E-state index in [0.717, 1.165) is 16.0 Å². The van der Waals surface area contributed by atoms with Crippen LogP contribution in [0.1, 0.15) is 31.8 Å². The Kier molecular flexibility index (Phi) is 3.73. The lowest BCUT2D eigenvalue weighted by atomic mass is 10.1. The molecule has 2 amide bonds. The molecule has 6 heteroatoms. The zero-order valence-corrected chi connectivity index (χ0v) is 13.9. The predicted octanol–water partition coefficient (Wildman–Crippen LogP) is 2.59.